The summed E-state index contributed by atoms with van der Waals surface area (Å²) in [5, 5.41) is 7.87. The number of hydrogen-bond donors (Lipinski definition) is 1. The summed E-state index contributed by atoms with van der Waals surface area (Å²) in [5.74, 6) is 0.724. The normalized spacial score (nSPS) is 10.8. The number of aromatic nitrogens is 3. The van der Waals surface area contributed by atoms with Crippen LogP contribution >= 0.6 is 0 Å². The van der Waals surface area contributed by atoms with Crippen LogP contribution in [0.4, 0.5) is 11.6 Å². The largest absolute Gasteiger partial charge is 0.378 e. The molecule has 6 nitrogen and oxygen atoms in total. The van der Waals surface area contributed by atoms with Gasteiger partial charge in [0.1, 0.15) is 0 Å². The highest BCUT2D eigenvalue weighted by atomic mass is 16.2. The first-order valence-corrected chi connectivity index (χ1v) is 10.6. The minimum Gasteiger partial charge on any atom is -0.378 e. The van der Waals surface area contributed by atoms with Gasteiger partial charge >= 0.3 is 0 Å². The van der Waals surface area contributed by atoms with Gasteiger partial charge in [-0.1, -0.05) is 60.2 Å². The summed E-state index contributed by atoms with van der Waals surface area (Å²) < 4.78 is 1.37. The molecule has 0 saturated carbocycles. The van der Waals surface area contributed by atoms with Crippen molar-refractivity contribution < 1.29 is 4.79 Å². The van der Waals surface area contributed by atoms with Gasteiger partial charge in [0, 0.05) is 37.5 Å². The van der Waals surface area contributed by atoms with Crippen molar-refractivity contribution in [3.63, 3.8) is 0 Å². The first-order valence-electron chi connectivity index (χ1n) is 10.6. The Labute approximate surface area is 188 Å². The molecule has 0 aliphatic heterocycles. The number of nitrogens with zero attached hydrogens (tertiary/aromatic N) is 4. The fourth-order valence-electron chi connectivity index (χ4n) is 3.41. The molecule has 1 N–H and O–H groups in total. The van der Waals surface area contributed by atoms with Gasteiger partial charge in [-0.05, 0) is 43.2 Å². The predicted octanol–water partition coefficient (Wildman–Crippen LogP) is 4.93. The lowest BCUT2D eigenvalue weighted by Gasteiger charge is -2.13. The number of benzene rings is 3. The third kappa shape index (κ3) is 4.54. The van der Waals surface area contributed by atoms with Crippen LogP contribution in [0.3, 0.4) is 0 Å². The average molecular weight is 426 g/mol. The number of rotatable bonds is 6. The molecular weight excluding hydrogens is 398 g/mol. The summed E-state index contributed by atoms with van der Waals surface area (Å²) in [7, 11) is 4.03. The molecule has 162 valence electrons. The minimum atomic E-state index is -0.209. The van der Waals surface area contributed by atoms with Crippen molar-refractivity contribution in [1.29, 1.82) is 0 Å². The summed E-state index contributed by atoms with van der Waals surface area (Å²) in [6.45, 7) is 4.48. The highest BCUT2D eigenvalue weighted by Crippen LogP contribution is 2.21. The molecule has 0 aliphatic rings. The zero-order chi connectivity index (χ0) is 22.7. The molecule has 0 amide bonds. The van der Waals surface area contributed by atoms with E-state index >= 15 is 0 Å². The van der Waals surface area contributed by atoms with Crippen LogP contribution in [0.15, 0.2) is 72.8 Å². The number of nitrogens with one attached hydrogen (secondary N) is 1. The number of carbonyl (C=O) groups excluding carboxylic acids is 1. The summed E-state index contributed by atoms with van der Waals surface area (Å²) in [6.07, 6.45) is 0. The Morgan fingerprint density at radius 1 is 0.938 bits per heavy atom. The molecule has 0 fully saturated rings. The highest BCUT2D eigenvalue weighted by Gasteiger charge is 2.20. The lowest BCUT2D eigenvalue weighted by atomic mass is 10.1. The monoisotopic (exact) mass is 425 g/mol. The lowest BCUT2D eigenvalue weighted by molar-refractivity contribution is 0.0947. The van der Waals surface area contributed by atoms with Gasteiger partial charge in [0.25, 0.3) is 5.91 Å². The van der Waals surface area contributed by atoms with Crippen LogP contribution in [0.2, 0.25) is 0 Å². The van der Waals surface area contributed by atoms with Crippen LogP contribution in [0, 0.1) is 13.8 Å². The zero-order valence-corrected chi connectivity index (χ0v) is 18.8. The maximum Gasteiger partial charge on any atom is 0.281 e. The van der Waals surface area contributed by atoms with E-state index in [4.69, 9.17) is 0 Å². The summed E-state index contributed by atoms with van der Waals surface area (Å²) in [5.41, 5.74) is 5.74. The highest BCUT2D eigenvalue weighted by molar-refractivity contribution is 5.98. The van der Waals surface area contributed by atoms with Gasteiger partial charge in [0.05, 0.1) is 0 Å². The standard InChI is InChI=1S/C26H27N5O/c1-18-9-13-21(14-10-18)24-28-26(27-17-20-11-15-22(16-12-20)30(3)4)31(29-24)25(32)23-8-6-5-7-19(23)2/h5-16H,17H2,1-4H3,(H,27,28,29). The van der Waals surface area contributed by atoms with Crippen molar-refractivity contribution in [2.75, 3.05) is 24.3 Å². The Kier molecular flexibility index (Phi) is 6.03. The molecule has 1 heterocycles. The van der Waals surface area contributed by atoms with Gasteiger partial charge in [-0.25, -0.2) is 0 Å². The van der Waals surface area contributed by atoms with E-state index in [1.807, 2.05) is 76.5 Å². The Hall–Kier alpha value is -3.93. The molecular formula is C26H27N5O. The molecule has 4 aromatic rings. The van der Waals surface area contributed by atoms with Crippen LogP contribution in [-0.2, 0) is 6.54 Å². The smallest absolute Gasteiger partial charge is 0.281 e. The molecule has 3 aromatic carbocycles. The summed E-state index contributed by atoms with van der Waals surface area (Å²) >= 11 is 0. The van der Waals surface area contributed by atoms with Crippen molar-refractivity contribution in [2.24, 2.45) is 0 Å². The molecule has 1 aromatic heterocycles. The van der Waals surface area contributed by atoms with E-state index in [0.717, 1.165) is 27.9 Å². The average Bonchev–Trinajstić information content (AvgIpc) is 3.22. The molecule has 0 radical (unpaired) electrons. The maximum absolute atomic E-state index is 13.3. The number of anilines is 2. The van der Waals surface area contributed by atoms with E-state index in [-0.39, 0.29) is 5.91 Å². The predicted molar refractivity (Wildman–Crippen MR) is 129 cm³/mol. The van der Waals surface area contributed by atoms with Crippen LogP contribution in [-0.4, -0.2) is 34.8 Å². The van der Waals surface area contributed by atoms with E-state index in [1.54, 1.807) is 0 Å². The molecule has 4 rings (SSSR count). The maximum atomic E-state index is 13.3. The number of aryl methyl sites for hydroxylation is 2. The quantitative estimate of drug-likeness (QED) is 0.475. The number of hydrogen-bond acceptors (Lipinski definition) is 5. The van der Waals surface area contributed by atoms with Gasteiger partial charge in [-0.2, -0.15) is 9.67 Å². The molecule has 0 aliphatic carbocycles. The second kappa shape index (κ2) is 9.06. The van der Waals surface area contributed by atoms with Gasteiger partial charge in [0.15, 0.2) is 5.82 Å². The number of carbonyl (C=O) groups is 1. The van der Waals surface area contributed by atoms with Crippen LogP contribution < -0.4 is 10.2 Å². The summed E-state index contributed by atoms with van der Waals surface area (Å²) in [4.78, 5) is 20.0. The van der Waals surface area contributed by atoms with Crippen molar-refractivity contribution in [2.45, 2.75) is 20.4 Å². The Balaban J connectivity index is 1.66. The van der Waals surface area contributed by atoms with Gasteiger partial charge < -0.3 is 10.2 Å². The van der Waals surface area contributed by atoms with Crippen molar-refractivity contribution in [1.82, 2.24) is 14.8 Å². The lowest BCUT2D eigenvalue weighted by Crippen LogP contribution is -2.18. The molecule has 6 heteroatoms. The third-order valence-electron chi connectivity index (χ3n) is 5.39. The first kappa shape index (κ1) is 21.3. The van der Waals surface area contributed by atoms with Gasteiger partial charge in [0.2, 0.25) is 5.95 Å². The minimum absolute atomic E-state index is 0.209. The van der Waals surface area contributed by atoms with Crippen molar-refractivity contribution >= 4 is 17.5 Å². The third-order valence-corrected chi connectivity index (χ3v) is 5.39. The zero-order valence-electron chi connectivity index (χ0n) is 18.8. The Morgan fingerprint density at radius 3 is 2.28 bits per heavy atom. The van der Waals surface area contributed by atoms with Crippen LogP contribution in [0.1, 0.15) is 27.0 Å². The van der Waals surface area contributed by atoms with E-state index in [0.29, 0.717) is 23.9 Å². The van der Waals surface area contributed by atoms with Crippen molar-refractivity contribution in [3.05, 3.63) is 95.1 Å². The first-order chi connectivity index (χ1) is 15.4. The van der Waals surface area contributed by atoms with E-state index in [9.17, 15) is 4.79 Å². The second-order valence-electron chi connectivity index (χ2n) is 8.07. The molecule has 32 heavy (non-hydrogen) atoms. The Bertz CT molecular complexity index is 1220. The second-order valence-corrected chi connectivity index (χ2v) is 8.07. The van der Waals surface area contributed by atoms with Gasteiger partial charge in [-0.15, -0.1) is 5.10 Å². The SMILES string of the molecule is Cc1ccc(-c2nc(NCc3ccc(N(C)C)cc3)n(C(=O)c3ccccc3C)n2)cc1. The molecule has 0 atom stereocenters. The molecule has 0 unspecified atom stereocenters. The Morgan fingerprint density at radius 2 is 1.62 bits per heavy atom. The fraction of sp³-hybridized carbons (Fsp3) is 0.192. The molecule has 0 spiro atoms. The van der Waals surface area contributed by atoms with Crippen LogP contribution in [0.25, 0.3) is 11.4 Å². The van der Waals surface area contributed by atoms with E-state index in [2.05, 4.69) is 44.6 Å². The van der Waals surface area contributed by atoms with Gasteiger partial charge in [-0.3, -0.25) is 4.79 Å². The van der Waals surface area contributed by atoms with Crippen LogP contribution in [0.5, 0.6) is 0 Å². The van der Waals surface area contributed by atoms with E-state index < -0.39 is 0 Å². The van der Waals surface area contributed by atoms with E-state index in [1.165, 1.54) is 4.68 Å². The summed E-state index contributed by atoms with van der Waals surface area (Å²) in [6, 6.07) is 23.7. The fourth-order valence-corrected chi connectivity index (χ4v) is 3.41. The topological polar surface area (TPSA) is 63.1 Å². The van der Waals surface area contributed by atoms with Crippen molar-refractivity contribution in [3.8, 4) is 11.4 Å². The molecule has 0 saturated heterocycles. The molecule has 0 bridgehead atoms.